The minimum absolute atomic E-state index is 0.260. The van der Waals surface area contributed by atoms with Gasteiger partial charge < -0.3 is 5.32 Å². The number of fused-ring (bicyclic) bond motifs is 1. The first kappa shape index (κ1) is 11.7. The molecule has 0 saturated carbocycles. The SMILES string of the molecule is CCc1cc(C(C)(C)C)cc2c1CCNC2. The van der Waals surface area contributed by atoms with Gasteiger partial charge in [0, 0.05) is 6.54 Å². The molecule has 88 valence electrons. The van der Waals surface area contributed by atoms with Gasteiger partial charge in [0.2, 0.25) is 0 Å². The molecule has 1 nitrogen and oxygen atoms in total. The van der Waals surface area contributed by atoms with Crippen molar-refractivity contribution in [3.8, 4) is 0 Å². The van der Waals surface area contributed by atoms with Crippen molar-refractivity contribution in [1.29, 1.82) is 0 Å². The van der Waals surface area contributed by atoms with E-state index >= 15 is 0 Å². The number of hydrogen-bond donors (Lipinski definition) is 1. The summed E-state index contributed by atoms with van der Waals surface area (Å²) in [6, 6.07) is 4.82. The van der Waals surface area contributed by atoms with Crippen molar-refractivity contribution in [3.05, 3.63) is 34.4 Å². The zero-order valence-corrected chi connectivity index (χ0v) is 11.0. The summed E-state index contributed by atoms with van der Waals surface area (Å²) in [6.07, 6.45) is 2.36. The zero-order chi connectivity index (χ0) is 11.8. The molecule has 0 radical (unpaired) electrons. The van der Waals surface area contributed by atoms with Crippen LogP contribution in [0.1, 0.15) is 49.9 Å². The number of benzene rings is 1. The first-order chi connectivity index (χ1) is 7.52. The molecule has 1 N–H and O–H groups in total. The lowest BCUT2D eigenvalue weighted by Crippen LogP contribution is -2.26. The Balaban J connectivity index is 2.52. The van der Waals surface area contributed by atoms with E-state index in [-0.39, 0.29) is 5.41 Å². The van der Waals surface area contributed by atoms with Gasteiger partial charge in [-0.05, 0) is 47.1 Å². The molecule has 0 atom stereocenters. The van der Waals surface area contributed by atoms with Crippen LogP contribution in [0.15, 0.2) is 12.1 Å². The largest absolute Gasteiger partial charge is 0.312 e. The molecule has 0 saturated heterocycles. The molecule has 0 bridgehead atoms. The average molecular weight is 217 g/mol. The molecular weight excluding hydrogens is 194 g/mol. The normalized spacial score (nSPS) is 16.0. The van der Waals surface area contributed by atoms with Gasteiger partial charge in [-0.15, -0.1) is 0 Å². The highest BCUT2D eigenvalue weighted by atomic mass is 14.9. The van der Waals surface area contributed by atoms with Gasteiger partial charge in [-0.1, -0.05) is 39.8 Å². The van der Waals surface area contributed by atoms with Crippen LogP contribution < -0.4 is 5.32 Å². The van der Waals surface area contributed by atoms with Gasteiger partial charge >= 0.3 is 0 Å². The smallest absolute Gasteiger partial charge is 0.0208 e. The summed E-state index contributed by atoms with van der Waals surface area (Å²) in [4.78, 5) is 0. The van der Waals surface area contributed by atoms with Crippen molar-refractivity contribution in [2.45, 2.75) is 52.5 Å². The fourth-order valence-electron chi connectivity index (χ4n) is 2.46. The fraction of sp³-hybridized carbons (Fsp3) is 0.600. The number of aryl methyl sites for hydroxylation is 1. The van der Waals surface area contributed by atoms with Gasteiger partial charge in [-0.2, -0.15) is 0 Å². The molecular formula is C15H23N. The zero-order valence-electron chi connectivity index (χ0n) is 11.0. The summed E-state index contributed by atoms with van der Waals surface area (Å²) in [5.74, 6) is 0. The molecule has 0 unspecified atom stereocenters. The van der Waals surface area contributed by atoms with E-state index in [0.29, 0.717) is 0 Å². The molecule has 1 aromatic carbocycles. The van der Waals surface area contributed by atoms with Crippen LogP contribution >= 0.6 is 0 Å². The minimum atomic E-state index is 0.260. The van der Waals surface area contributed by atoms with Crippen LogP contribution in [0.25, 0.3) is 0 Å². The van der Waals surface area contributed by atoms with E-state index < -0.39 is 0 Å². The first-order valence-electron chi connectivity index (χ1n) is 6.38. The van der Waals surface area contributed by atoms with Gasteiger partial charge in [-0.3, -0.25) is 0 Å². The van der Waals surface area contributed by atoms with Crippen LogP contribution in [0, 0.1) is 0 Å². The van der Waals surface area contributed by atoms with Crippen molar-refractivity contribution in [3.63, 3.8) is 0 Å². The Bertz CT molecular complexity index is 368. The van der Waals surface area contributed by atoms with Gasteiger partial charge in [0.1, 0.15) is 0 Å². The molecule has 1 aliphatic rings. The Kier molecular flexibility index (Phi) is 3.07. The lowest BCUT2D eigenvalue weighted by molar-refractivity contribution is 0.581. The Morgan fingerprint density at radius 3 is 2.62 bits per heavy atom. The van der Waals surface area contributed by atoms with Crippen LogP contribution in [0.5, 0.6) is 0 Å². The highest BCUT2D eigenvalue weighted by molar-refractivity contribution is 5.43. The van der Waals surface area contributed by atoms with Crippen molar-refractivity contribution in [1.82, 2.24) is 5.32 Å². The van der Waals surface area contributed by atoms with Crippen LogP contribution in [0.2, 0.25) is 0 Å². The van der Waals surface area contributed by atoms with E-state index in [1.54, 1.807) is 11.1 Å². The lowest BCUT2D eigenvalue weighted by Gasteiger charge is -2.26. The third-order valence-electron chi connectivity index (χ3n) is 3.55. The molecule has 0 spiro atoms. The maximum atomic E-state index is 3.47. The number of hydrogen-bond acceptors (Lipinski definition) is 1. The maximum absolute atomic E-state index is 3.47. The highest BCUT2D eigenvalue weighted by Crippen LogP contribution is 2.29. The lowest BCUT2D eigenvalue weighted by atomic mass is 9.82. The Labute approximate surface area is 99.3 Å². The third-order valence-corrected chi connectivity index (χ3v) is 3.55. The molecule has 0 aromatic heterocycles. The molecule has 16 heavy (non-hydrogen) atoms. The summed E-state index contributed by atoms with van der Waals surface area (Å²) >= 11 is 0. The molecule has 0 amide bonds. The van der Waals surface area contributed by atoms with Crippen LogP contribution in [-0.4, -0.2) is 6.54 Å². The second-order valence-corrected chi connectivity index (χ2v) is 5.80. The standard InChI is InChI=1S/C15H23N/c1-5-11-8-13(15(2,3)4)9-12-10-16-7-6-14(11)12/h8-9,16H,5-7,10H2,1-4H3. The van der Waals surface area contributed by atoms with Crippen LogP contribution in [-0.2, 0) is 24.8 Å². The van der Waals surface area contributed by atoms with Gasteiger partial charge in [0.05, 0.1) is 0 Å². The van der Waals surface area contributed by atoms with Crippen molar-refractivity contribution in [2.24, 2.45) is 0 Å². The topological polar surface area (TPSA) is 12.0 Å². The van der Waals surface area contributed by atoms with Gasteiger partial charge in [0.25, 0.3) is 0 Å². The summed E-state index contributed by atoms with van der Waals surface area (Å²) in [6.45, 7) is 11.3. The van der Waals surface area contributed by atoms with Crippen LogP contribution in [0.4, 0.5) is 0 Å². The van der Waals surface area contributed by atoms with E-state index in [2.05, 4.69) is 45.1 Å². The third kappa shape index (κ3) is 2.15. The van der Waals surface area contributed by atoms with E-state index in [9.17, 15) is 0 Å². The molecule has 1 aromatic rings. The minimum Gasteiger partial charge on any atom is -0.312 e. The Morgan fingerprint density at radius 2 is 2.00 bits per heavy atom. The molecule has 2 rings (SSSR count). The second kappa shape index (κ2) is 4.21. The summed E-state index contributed by atoms with van der Waals surface area (Å²) in [5, 5.41) is 3.47. The van der Waals surface area contributed by atoms with E-state index in [4.69, 9.17) is 0 Å². The number of rotatable bonds is 1. The monoisotopic (exact) mass is 217 g/mol. The first-order valence-corrected chi connectivity index (χ1v) is 6.38. The van der Waals surface area contributed by atoms with Gasteiger partial charge in [-0.25, -0.2) is 0 Å². The van der Waals surface area contributed by atoms with Crippen molar-refractivity contribution in [2.75, 3.05) is 6.54 Å². The molecule has 1 heteroatoms. The predicted octanol–water partition coefficient (Wildman–Crippen LogP) is 3.19. The van der Waals surface area contributed by atoms with Crippen molar-refractivity contribution < 1.29 is 0 Å². The quantitative estimate of drug-likeness (QED) is 0.762. The van der Waals surface area contributed by atoms with E-state index in [0.717, 1.165) is 19.5 Å². The maximum Gasteiger partial charge on any atom is 0.0208 e. The molecule has 1 aliphatic heterocycles. The Morgan fingerprint density at radius 1 is 1.25 bits per heavy atom. The summed E-state index contributed by atoms with van der Waals surface area (Å²) in [7, 11) is 0. The fourth-order valence-corrected chi connectivity index (χ4v) is 2.46. The molecule has 0 aliphatic carbocycles. The van der Waals surface area contributed by atoms with E-state index in [1.807, 2.05) is 0 Å². The molecule has 1 heterocycles. The summed E-state index contributed by atoms with van der Waals surface area (Å²) < 4.78 is 0. The van der Waals surface area contributed by atoms with Gasteiger partial charge in [0.15, 0.2) is 0 Å². The second-order valence-electron chi connectivity index (χ2n) is 5.80. The van der Waals surface area contributed by atoms with E-state index in [1.165, 1.54) is 17.5 Å². The average Bonchev–Trinajstić information content (AvgIpc) is 2.26. The Hall–Kier alpha value is -0.820. The predicted molar refractivity (Wildman–Crippen MR) is 69.9 cm³/mol. The highest BCUT2D eigenvalue weighted by Gasteiger charge is 2.19. The molecule has 0 fully saturated rings. The summed E-state index contributed by atoms with van der Waals surface area (Å²) in [5.41, 5.74) is 6.43. The van der Waals surface area contributed by atoms with Crippen molar-refractivity contribution >= 4 is 0 Å². The number of nitrogens with one attached hydrogen (secondary N) is 1. The van der Waals surface area contributed by atoms with Crippen LogP contribution in [0.3, 0.4) is 0 Å².